The Balaban J connectivity index is 1.82. The van der Waals surface area contributed by atoms with E-state index in [0.29, 0.717) is 5.56 Å². The summed E-state index contributed by atoms with van der Waals surface area (Å²) in [4.78, 5) is 24.9. The summed E-state index contributed by atoms with van der Waals surface area (Å²) in [5.41, 5.74) is 10.3. The highest BCUT2D eigenvalue weighted by molar-refractivity contribution is 6.34. The Morgan fingerprint density at radius 1 is 0.979 bits per heavy atom. The Morgan fingerprint density at radius 2 is 1.62 bits per heavy atom. The van der Waals surface area contributed by atoms with Gasteiger partial charge in [-0.15, -0.1) is 0 Å². The summed E-state index contributed by atoms with van der Waals surface area (Å²) in [6.45, 7) is 5.80. The average Bonchev–Trinajstić information content (AvgIpc) is 3.34. The fourth-order valence-electron chi connectivity index (χ4n) is 6.27. The summed E-state index contributed by atoms with van der Waals surface area (Å²) in [5.74, 6) is -3.86. The first-order chi connectivity index (χ1) is 22.8. The molecule has 0 fully saturated rings. The van der Waals surface area contributed by atoms with Crippen molar-refractivity contribution in [1.29, 1.82) is 0 Å². The van der Waals surface area contributed by atoms with E-state index in [1.54, 1.807) is 0 Å². The molecule has 0 aromatic heterocycles. The zero-order chi connectivity index (χ0) is 34.8. The Hall–Kier alpha value is -4.67. The molecule has 4 N–H and O–H groups in total. The molecule has 1 aliphatic rings. The lowest BCUT2D eigenvalue weighted by Crippen LogP contribution is -2.45. The second kappa shape index (κ2) is 13.8. The molecule has 3 unspecified atom stereocenters. The lowest BCUT2D eigenvalue weighted by Gasteiger charge is -2.41. The van der Waals surface area contributed by atoms with Gasteiger partial charge >= 0.3 is 6.09 Å². The van der Waals surface area contributed by atoms with Crippen LogP contribution in [0.4, 0.5) is 13.6 Å². The number of hydrogen-bond acceptors (Lipinski definition) is 6. The maximum atomic E-state index is 16.3. The molecule has 1 aliphatic heterocycles. The lowest BCUT2D eigenvalue weighted by molar-refractivity contribution is -0.0537. The molecule has 2 amide bonds. The van der Waals surface area contributed by atoms with E-state index in [4.69, 9.17) is 42.0 Å². The highest BCUT2D eigenvalue weighted by Gasteiger charge is 2.55. The molecule has 11 heteroatoms. The number of nitrogens with two attached hydrogens (primary N) is 2. The largest absolute Gasteiger partial charge is 0.494 e. The highest BCUT2D eigenvalue weighted by atomic mass is 35.5. The van der Waals surface area contributed by atoms with Gasteiger partial charge in [0.1, 0.15) is 23.3 Å². The van der Waals surface area contributed by atoms with Crippen molar-refractivity contribution in [3.8, 4) is 22.6 Å². The minimum atomic E-state index is -1.40. The number of hydrogen-bond donors (Lipinski definition) is 2. The van der Waals surface area contributed by atoms with Gasteiger partial charge in [0.25, 0.3) is 0 Å². The molecule has 4 aromatic carbocycles. The van der Waals surface area contributed by atoms with Crippen LogP contribution in [0.3, 0.4) is 0 Å². The summed E-state index contributed by atoms with van der Waals surface area (Å²) >= 11 is 6.72. The van der Waals surface area contributed by atoms with Crippen LogP contribution in [-0.4, -0.2) is 31.8 Å². The maximum Gasteiger partial charge on any atom is 0.404 e. The number of halogens is 3. The molecule has 0 saturated heterocycles. The van der Waals surface area contributed by atoms with Crippen molar-refractivity contribution in [2.24, 2.45) is 16.9 Å². The van der Waals surface area contributed by atoms with Crippen LogP contribution in [0.1, 0.15) is 60.2 Å². The minimum Gasteiger partial charge on any atom is -0.494 e. The molecule has 48 heavy (non-hydrogen) atoms. The van der Waals surface area contributed by atoms with Gasteiger partial charge < -0.3 is 30.4 Å². The molecule has 8 nitrogen and oxygen atoms in total. The molecule has 3 atom stereocenters. The van der Waals surface area contributed by atoms with E-state index in [1.165, 1.54) is 19.2 Å². The van der Waals surface area contributed by atoms with Crippen LogP contribution >= 0.6 is 11.6 Å². The molecule has 0 saturated carbocycles. The molecule has 252 valence electrons. The van der Waals surface area contributed by atoms with Crippen molar-refractivity contribution in [2.45, 2.75) is 51.4 Å². The van der Waals surface area contributed by atoms with Gasteiger partial charge in [0.2, 0.25) is 5.91 Å². The summed E-state index contributed by atoms with van der Waals surface area (Å²) < 4.78 is 56.2. The predicted octanol–water partition coefficient (Wildman–Crippen LogP) is 7.88. The topological polar surface area (TPSA) is 123 Å². The quantitative estimate of drug-likeness (QED) is 0.166. The molecule has 5 rings (SSSR count). The number of benzene rings is 4. The summed E-state index contributed by atoms with van der Waals surface area (Å²) in [7, 11) is 1.26. The third-order valence-electron chi connectivity index (χ3n) is 8.64. The molecule has 1 heterocycles. The summed E-state index contributed by atoms with van der Waals surface area (Å²) in [6.07, 6.45) is -1.77. The van der Waals surface area contributed by atoms with E-state index in [2.05, 4.69) is 0 Å². The van der Waals surface area contributed by atoms with Crippen molar-refractivity contribution in [3.05, 3.63) is 118 Å². The third-order valence-corrected chi connectivity index (χ3v) is 9.01. The summed E-state index contributed by atoms with van der Waals surface area (Å²) in [6, 6.07) is 22.3. The van der Waals surface area contributed by atoms with Gasteiger partial charge in [0.05, 0.1) is 36.8 Å². The fraction of sp³-hybridized carbons (Fsp3) is 0.297. The Bertz CT molecular complexity index is 1820. The van der Waals surface area contributed by atoms with Gasteiger partial charge in [-0.3, -0.25) is 4.79 Å². The van der Waals surface area contributed by atoms with Crippen LogP contribution in [0.25, 0.3) is 11.1 Å². The maximum absolute atomic E-state index is 16.3. The van der Waals surface area contributed by atoms with E-state index in [-0.39, 0.29) is 53.4 Å². The van der Waals surface area contributed by atoms with E-state index in [9.17, 15) is 9.59 Å². The van der Waals surface area contributed by atoms with Crippen molar-refractivity contribution in [2.75, 3.05) is 13.7 Å². The van der Waals surface area contributed by atoms with Gasteiger partial charge in [-0.05, 0) is 28.7 Å². The van der Waals surface area contributed by atoms with Gasteiger partial charge in [0.15, 0.2) is 11.6 Å². The molecule has 0 radical (unpaired) electrons. The van der Waals surface area contributed by atoms with Crippen LogP contribution in [0.5, 0.6) is 11.5 Å². The first-order valence-corrected chi connectivity index (χ1v) is 15.7. The zero-order valence-electron chi connectivity index (χ0n) is 27.0. The standard InChI is InChI=1S/C37H37ClF2N2O6/c1-36(2,3)28(47-35(42)44)18-37(22-13-9-6-10-14-22)24(20-46-19-21-11-7-5-8-12-21)30-27(48-37)17-25(39)32(38)31(30)29-23(34(41)43)15-16-26(45-4)33(29)40/h5-17,24,28H,18-20H2,1-4H3,(H2,41,43)(H2,42,44). The Morgan fingerprint density at radius 3 is 2.21 bits per heavy atom. The number of primary amides is 2. The van der Waals surface area contributed by atoms with Crippen molar-refractivity contribution in [3.63, 3.8) is 0 Å². The van der Waals surface area contributed by atoms with E-state index >= 15 is 8.78 Å². The Kier molecular flexibility index (Phi) is 9.98. The van der Waals surface area contributed by atoms with E-state index in [1.807, 2.05) is 81.4 Å². The summed E-state index contributed by atoms with van der Waals surface area (Å²) in [5, 5.41) is -0.454. The van der Waals surface area contributed by atoms with E-state index in [0.717, 1.165) is 11.6 Å². The minimum absolute atomic E-state index is 0.0272. The van der Waals surface area contributed by atoms with Gasteiger partial charge in [-0.25, -0.2) is 13.6 Å². The van der Waals surface area contributed by atoms with Gasteiger partial charge in [-0.1, -0.05) is 93.0 Å². The average molecular weight is 679 g/mol. The van der Waals surface area contributed by atoms with Crippen molar-refractivity contribution in [1.82, 2.24) is 0 Å². The van der Waals surface area contributed by atoms with Crippen LogP contribution in [-0.2, 0) is 21.7 Å². The lowest BCUT2D eigenvalue weighted by atomic mass is 9.71. The molecular weight excluding hydrogens is 642 g/mol. The van der Waals surface area contributed by atoms with Crippen molar-refractivity contribution >= 4 is 23.6 Å². The predicted molar refractivity (Wildman–Crippen MR) is 178 cm³/mol. The zero-order valence-corrected chi connectivity index (χ0v) is 27.8. The SMILES string of the molecule is COc1ccc(C(N)=O)c(-c2c(Cl)c(F)cc3c2C(COCc2ccccc2)C(CC(OC(N)=O)C(C)(C)C)(c2ccccc2)O3)c1F. The smallest absolute Gasteiger partial charge is 0.404 e. The van der Waals surface area contributed by atoms with Crippen LogP contribution < -0.4 is 20.9 Å². The normalized spacial score (nSPS) is 17.7. The molecular formula is C37H37ClF2N2O6. The first-order valence-electron chi connectivity index (χ1n) is 15.3. The third kappa shape index (κ3) is 6.68. The number of methoxy groups -OCH3 is 1. The fourth-order valence-corrected chi connectivity index (χ4v) is 6.52. The van der Waals surface area contributed by atoms with Crippen LogP contribution in [0, 0.1) is 17.0 Å². The molecule has 0 spiro atoms. The molecule has 4 aromatic rings. The number of amides is 2. The van der Waals surface area contributed by atoms with Crippen LogP contribution in [0.15, 0.2) is 78.9 Å². The van der Waals surface area contributed by atoms with E-state index < -0.39 is 51.7 Å². The van der Waals surface area contributed by atoms with Crippen LogP contribution in [0.2, 0.25) is 5.02 Å². The monoisotopic (exact) mass is 678 g/mol. The van der Waals surface area contributed by atoms with Gasteiger partial charge in [-0.2, -0.15) is 0 Å². The second-order valence-electron chi connectivity index (χ2n) is 12.7. The number of carbonyl (C=O) groups is 2. The highest BCUT2D eigenvalue weighted by Crippen LogP contribution is 2.59. The molecule has 0 aliphatic carbocycles. The number of rotatable bonds is 11. The number of carbonyl (C=O) groups excluding carboxylic acids is 2. The van der Waals surface area contributed by atoms with Gasteiger partial charge in [0, 0.05) is 29.2 Å². The van der Waals surface area contributed by atoms with Crippen molar-refractivity contribution < 1.29 is 37.3 Å². The molecule has 0 bridgehead atoms. The number of fused-ring (bicyclic) bond motifs is 1. The number of ether oxygens (including phenoxy) is 4. The second-order valence-corrected chi connectivity index (χ2v) is 13.1. The Labute approximate surface area is 282 Å². The first kappa shape index (κ1) is 34.7.